The number of hydrogen-bond acceptors (Lipinski definition) is 5. The van der Waals surface area contributed by atoms with Gasteiger partial charge in [0.05, 0.1) is 22.8 Å². The number of nitrogens with one attached hydrogen (secondary N) is 2. The number of benzene rings is 1. The van der Waals surface area contributed by atoms with Gasteiger partial charge in [-0.05, 0) is 39.1 Å². The highest BCUT2D eigenvalue weighted by atomic mass is 32.2. The number of amides is 1. The van der Waals surface area contributed by atoms with Crippen LogP contribution in [0.2, 0.25) is 0 Å². The maximum atomic E-state index is 11.8. The minimum Gasteiger partial charge on any atom is -0.397 e. The molecule has 0 saturated carbocycles. The van der Waals surface area contributed by atoms with Gasteiger partial charge in [0.1, 0.15) is 0 Å². The first-order chi connectivity index (χ1) is 9.67. The standard InChI is InChI=1S/C13H22N4O3S/c1-9(2)16-13(18)8-17(4)12-7-10(5-6-11(12)14)21(19,20)15-3/h5-7,9,15H,8,14H2,1-4H3,(H,16,18). The largest absolute Gasteiger partial charge is 0.397 e. The number of rotatable bonds is 6. The van der Waals surface area contributed by atoms with Gasteiger partial charge in [-0.15, -0.1) is 0 Å². The highest BCUT2D eigenvalue weighted by Gasteiger charge is 2.16. The zero-order chi connectivity index (χ0) is 16.2. The molecule has 0 saturated heterocycles. The Kier molecular flexibility index (Phi) is 5.56. The van der Waals surface area contributed by atoms with Crippen LogP contribution in [-0.4, -0.2) is 41.0 Å². The van der Waals surface area contributed by atoms with E-state index in [2.05, 4.69) is 10.0 Å². The summed E-state index contributed by atoms with van der Waals surface area (Å²) < 4.78 is 25.9. The molecular formula is C13H22N4O3S. The van der Waals surface area contributed by atoms with Crippen LogP contribution < -0.4 is 20.7 Å². The van der Waals surface area contributed by atoms with Crippen LogP contribution in [0.1, 0.15) is 13.8 Å². The second-order valence-corrected chi connectivity index (χ2v) is 6.89. The van der Waals surface area contributed by atoms with Crippen molar-refractivity contribution in [2.75, 3.05) is 31.3 Å². The molecule has 21 heavy (non-hydrogen) atoms. The molecule has 0 spiro atoms. The van der Waals surface area contributed by atoms with Gasteiger partial charge in [-0.3, -0.25) is 4.79 Å². The van der Waals surface area contributed by atoms with Crippen molar-refractivity contribution in [3.05, 3.63) is 18.2 Å². The molecule has 0 aliphatic rings. The lowest BCUT2D eigenvalue weighted by Gasteiger charge is -2.22. The van der Waals surface area contributed by atoms with Crippen LogP contribution in [-0.2, 0) is 14.8 Å². The lowest BCUT2D eigenvalue weighted by Crippen LogP contribution is -2.38. The normalized spacial score (nSPS) is 11.5. The molecule has 0 heterocycles. The Bertz CT molecular complexity index is 614. The Morgan fingerprint density at radius 2 is 2.00 bits per heavy atom. The number of hydrogen-bond donors (Lipinski definition) is 3. The van der Waals surface area contributed by atoms with Crippen LogP contribution in [0.3, 0.4) is 0 Å². The summed E-state index contributed by atoms with van der Waals surface area (Å²) in [5.74, 6) is -0.159. The minimum atomic E-state index is -3.55. The molecule has 1 aromatic rings. The Labute approximate surface area is 125 Å². The number of nitrogens with two attached hydrogens (primary N) is 1. The lowest BCUT2D eigenvalue weighted by molar-refractivity contribution is -0.120. The van der Waals surface area contributed by atoms with Crippen LogP contribution in [0.15, 0.2) is 23.1 Å². The van der Waals surface area contributed by atoms with E-state index in [0.717, 1.165) is 0 Å². The second kappa shape index (κ2) is 6.77. The molecule has 0 atom stereocenters. The number of anilines is 2. The van der Waals surface area contributed by atoms with Crippen LogP contribution in [0.4, 0.5) is 11.4 Å². The molecule has 0 unspecified atom stereocenters. The molecule has 0 fully saturated rings. The summed E-state index contributed by atoms with van der Waals surface area (Å²) in [6, 6.07) is 4.42. The fourth-order valence-corrected chi connectivity index (χ4v) is 2.56. The Morgan fingerprint density at radius 1 is 1.38 bits per heavy atom. The molecule has 0 aliphatic carbocycles. The summed E-state index contributed by atoms with van der Waals surface area (Å²) in [6.07, 6.45) is 0. The smallest absolute Gasteiger partial charge is 0.240 e. The first-order valence-corrected chi connectivity index (χ1v) is 7.99. The highest BCUT2D eigenvalue weighted by molar-refractivity contribution is 7.89. The maximum Gasteiger partial charge on any atom is 0.240 e. The van der Waals surface area contributed by atoms with Crippen molar-refractivity contribution in [2.45, 2.75) is 24.8 Å². The van der Waals surface area contributed by atoms with Gasteiger partial charge in [-0.2, -0.15) is 0 Å². The monoisotopic (exact) mass is 314 g/mol. The molecular weight excluding hydrogens is 292 g/mol. The van der Waals surface area contributed by atoms with Gasteiger partial charge >= 0.3 is 0 Å². The molecule has 0 aliphatic heterocycles. The summed E-state index contributed by atoms with van der Waals surface area (Å²) in [5.41, 5.74) is 6.76. The summed E-state index contributed by atoms with van der Waals surface area (Å²) in [6.45, 7) is 3.82. The molecule has 0 bridgehead atoms. The Balaban J connectivity index is 3.02. The van der Waals surface area contributed by atoms with Crippen molar-refractivity contribution < 1.29 is 13.2 Å². The quantitative estimate of drug-likeness (QED) is 0.648. The zero-order valence-corrected chi connectivity index (χ0v) is 13.5. The third kappa shape index (κ3) is 4.61. The molecule has 1 amide bonds. The van der Waals surface area contributed by atoms with Gasteiger partial charge in [0, 0.05) is 13.1 Å². The summed E-state index contributed by atoms with van der Waals surface area (Å²) in [4.78, 5) is 13.5. The van der Waals surface area contributed by atoms with Gasteiger partial charge < -0.3 is 16.0 Å². The summed E-state index contributed by atoms with van der Waals surface area (Å²) in [7, 11) is -0.531. The number of nitrogens with zero attached hydrogens (tertiary/aromatic N) is 1. The molecule has 0 aromatic heterocycles. The van der Waals surface area contributed by atoms with Crippen LogP contribution in [0.25, 0.3) is 0 Å². The van der Waals surface area contributed by atoms with Crippen molar-refractivity contribution >= 4 is 27.3 Å². The molecule has 0 radical (unpaired) electrons. The molecule has 118 valence electrons. The van der Waals surface area contributed by atoms with Crippen LogP contribution >= 0.6 is 0 Å². The van der Waals surface area contributed by atoms with E-state index in [1.807, 2.05) is 13.8 Å². The van der Waals surface area contributed by atoms with Crippen molar-refractivity contribution in [3.63, 3.8) is 0 Å². The number of carbonyl (C=O) groups is 1. The number of likely N-dealkylation sites (N-methyl/N-ethyl adjacent to an activating group) is 1. The number of sulfonamides is 1. The van der Waals surface area contributed by atoms with Gasteiger partial charge in [0.2, 0.25) is 15.9 Å². The van der Waals surface area contributed by atoms with Gasteiger partial charge in [0.15, 0.2) is 0 Å². The van der Waals surface area contributed by atoms with E-state index in [0.29, 0.717) is 11.4 Å². The van der Waals surface area contributed by atoms with E-state index in [9.17, 15) is 13.2 Å². The van der Waals surface area contributed by atoms with E-state index in [-0.39, 0.29) is 23.4 Å². The Hall–Kier alpha value is -1.80. The molecule has 1 rings (SSSR count). The highest BCUT2D eigenvalue weighted by Crippen LogP contribution is 2.25. The Morgan fingerprint density at radius 3 is 2.52 bits per heavy atom. The maximum absolute atomic E-state index is 11.8. The molecule has 8 heteroatoms. The summed E-state index contributed by atoms with van der Waals surface area (Å²) in [5, 5.41) is 2.77. The van der Waals surface area contributed by atoms with Gasteiger partial charge in [-0.1, -0.05) is 0 Å². The van der Waals surface area contributed by atoms with E-state index in [4.69, 9.17) is 5.73 Å². The SMILES string of the molecule is CNS(=O)(=O)c1ccc(N)c(N(C)CC(=O)NC(C)C)c1. The van der Waals surface area contributed by atoms with Crippen molar-refractivity contribution in [1.29, 1.82) is 0 Å². The summed E-state index contributed by atoms with van der Waals surface area (Å²) >= 11 is 0. The van der Waals surface area contributed by atoms with E-state index < -0.39 is 10.0 Å². The van der Waals surface area contributed by atoms with E-state index in [1.165, 1.54) is 25.2 Å². The van der Waals surface area contributed by atoms with Crippen LogP contribution in [0.5, 0.6) is 0 Å². The van der Waals surface area contributed by atoms with E-state index >= 15 is 0 Å². The molecule has 7 nitrogen and oxygen atoms in total. The topological polar surface area (TPSA) is 105 Å². The first kappa shape index (κ1) is 17.3. The van der Waals surface area contributed by atoms with Gasteiger partial charge in [0.25, 0.3) is 0 Å². The molecule has 1 aromatic carbocycles. The second-order valence-electron chi connectivity index (χ2n) is 5.01. The third-order valence-corrected chi connectivity index (χ3v) is 4.23. The average Bonchev–Trinajstić information content (AvgIpc) is 2.37. The van der Waals surface area contributed by atoms with Crippen molar-refractivity contribution in [3.8, 4) is 0 Å². The minimum absolute atomic E-state index is 0.0410. The van der Waals surface area contributed by atoms with Crippen molar-refractivity contribution in [2.24, 2.45) is 0 Å². The number of carbonyl (C=O) groups excluding carboxylic acids is 1. The average molecular weight is 314 g/mol. The molecule has 4 N–H and O–H groups in total. The van der Waals surface area contributed by atoms with Crippen molar-refractivity contribution in [1.82, 2.24) is 10.0 Å². The zero-order valence-electron chi connectivity index (χ0n) is 12.7. The van der Waals surface area contributed by atoms with E-state index in [1.54, 1.807) is 11.9 Å². The predicted octanol–water partition coefficient (Wildman–Crippen LogP) is 0.138. The number of nitrogen functional groups attached to an aromatic ring is 1. The third-order valence-electron chi connectivity index (χ3n) is 2.82. The van der Waals surface area contributed by atoms with Gasteiger partial charge in [-0.25, -0.2) is 13.1 Å². The first-order valence-electron chi connectivity index (χ1n) is 6.51. The fraction of sp³-hybridized carbons (Fsp3) is 0.462. The fourth-order valence-electron chi connectivity index (χ4n) is 1.81. The van der Waals surface area contributed by atoms with Crippen LogP contribution in [0, 0.1) is 0 Å². The lowest BCUT2D eigenvalue weighted by atomic mass is 10.2. The predicted molar refractivity (Wildman–Crippen MR) is 83.6 cm³/mol.